The van der Waals surface area contributed by atoms with Gasteiger partial charge in [0.15, 0.2) is 0 Å². The first kappa shape index (κ1) is 22.9. The lowest BCUT2D eigenvalue weighted by molar-refractivity contribution is 0.0949. The predicted octanol–water partition coefficient (Wildman–Crippen LogP) is 5.19. The van der Waals surface area contributed by atoms with Gasteiger partial charge < -0.3 is 15.5 Å². The van der Waals surface area contributed by atoms with Crippen LogP contribution in [0.15, 0.2) is 60.9 Å². The molecule has 2 N–H and O–H groups in total. The number of hydrogen-bond donors (Lipinski definition) is 2. The highest BCUT2D eigenvalue weighted by atomic mass is 16.1. The average Bonchev–Trinajstić information content (AvgIpc) is 2.83. The van der Waals surface area contributed by atoms with Crippen molar-refractivity contribution >= 4 is 17.4 Å². The largest absolute Gasteiger partial charge is 0.352 e. The molecule has 2 aromatic carbocycles. The molecule has 1 saturated heterocycles. The number of nitrogens with one attached hydrogen (secondary N) is 2. The Kier molecular flexibility index (Phi) is 7.68. The van der Waals surface area contributed by atoms with Gasteiger partial charge in [0.25, 0.3) is 5.91 Å². The molecule has 6 heteroatoms. The van der Waals surface area contributed by atoms with Gasteiger partial charge in [-0.15, -0.1) is 0 Å². The monoisotopic (exact) mass is 443 g/mol. The number of aryl methyl sites for hydroxylation is 1. The highest BCUT2D eigenvalue weighted by Crippen LogP contribution is 2.22. The van der Waals surface area contributed by atoms with Crippen molar-refractivity contribution in [3.05, 3.63) is 72.1 Å². The second kappa shape index (κ2) is 11.1. The van der Waals surface area contributed by atoms with Crippen molar-refractivity contribution in [2.45, 2.75) is 45.6 Å². The van der Waals surface area contributed by atoms with E-state index >= 15 is 0 Å². The van der Waals surface area contributed by atoms with E-state index in [9.17, 15) is 4.79 Å². The van der Waals surface area contributed by atoms with Gasteiger partial charge in [-0.1, -0.05) is 42.3 Å². The Morgan fingerprint density at radius 3 is 2.76 bits per heavy atom. The van der Waals surface area contributed by atoms with E-state index in [0.29, 0.717) is 24.0 Å². The van der Waals surface area contributed by atoms with Crippen molar-refractivity contribution in [3.8, 4) is 11.3 Å². The van der Waals surface area contributed by atoms with E-state index in [1.165, 1.54) is 31.4 Å². The number of carbonyl (C=O) groups excluding carboxylic acids is 1. The number of nitrogens with zero attached hydrogens (tertiary/aromatic N) is 3. The molecule has 33 heavy (non-hydrogen) atoms. The van der Waals surface area contributed by atoms with Gasteiger partial charge in [-0.05, 0) is 57.9 Å². The summed E-state index contributed by atoms with van der Waals surface area (Å²) in [5.74, 6) is 0.641. The number of anilines is 2. The van der Waals surface area contributed by atoms with Crippen molar-refractivity contribution in [1.82, 2.24) is 20.2 Å². The fourth-order valence-electron chi connectivity index (χ4n) is 4.27. The topological polar surface area (TPSA) is 70.2 Å². The molecule has 0 saturated carbocycles. The molecule has 1 aliphatic rings. The molecule has 0 spiro atoms. The number of likely N-dealkylation sites (tertiary alicyclic amines) is 1. The molecule has 1 fully saturated rings. The summed E-state index contributed by atoms with van der Waals surface area (Å²) in [4.78, 5) is 23.9. The van der Waals surface area contributed by atoms with Crippen molar-refractivity contribution in [2.24, 2.45) is 0 Å². The Balaban J connectivity index is 1.32. The Morgan fingerprint density at radius 2 is 1.94 bits per heavy atom. The molecule has 172 valence electrons. The minimum atomic E-state index is -0.0478. The second-order valence-corrected chi connectivity index (χ2v) is 8.85. The summed E-state index contributed by atoms with van der Waals surface area (Å²) in [5, 5.41) is 6.36. The summed E-state index contributed by atoms with van der Waals surface area (Å²) >= 11 is 0. The standard InChI is InChI=1S/C27H33N5O/c1-20-10-12-22(13-11-20)25-18-26(30-19-29-25)31-24-9-5-8-23(17-24)27(33)28-14-6-16-32-15-4-3-7-21(32)2/h5,8-13,17-19,21H,3-4,6-7,14-16H2,1-2H3,(H,28,33)(H,29,30,31)/t21-/m1/s1. The van der Waals surface area contributed by atoms with Gasteiger partial charge in [-0.25, -0.2) is 9.97 Å². The molecule has 3 aromatic rings. The van der Waals surface area contributed by atoms with E-state index in [1.54, 1.807) is 6.33 Å². The summed E-state index contributed by atoms with van der Waals surface area (Å²) < 4.78 is 0. The molecule has 1 aromatic heterocycles. The molecular formula is C27H33N5O. The Hall–Kier alpha value is -3.25. The van der Waals surface area contributed by atoms with E-state index < -0.39 is 0 Å². The zero-order chi connectivity index (χ0) is 23.0. The van der Waals surface area contributed by atoms with Crippen LogP contribution in [0.4, 0.5) is 11.5 Å². The molecule has 0 unspecified atom stereocenters. The molecule has 1 atom stereocenters. The van der Waals surface area contributed by atoms with Crippen LogP contribution in [0.1, 0.15) is 48.5 Å². The summed E-state index contributed by atoms with van der Waals surface area (Å²) in [6.07, 6.45) is 6.43. The van der Waals surface area contributed by atoms with Crippen LogP contribution in [-0.2, 0) is 0 Å². The third kappa shape index (κ3) is 6.39. The number of aromatic nitrogens is 2. The first-order chi connectivity index (χ1) is 16.1. The van der Waals surface area contributed by atoms with Crippen molar-refractivity contribution in [2.75, 3.05) is 25.0 Å². The highest BCUT2D eigenvalue weighted by molar-refractivity contribution is 5.95. The quantitative estimate of drug-likeness (QED) is 0.469. The maximum Gasteiger partial charge on any atom is 0.251 e. The predicted molar refractivity (Wildman–Crippen MR) is 134 cm³/mol. The molecule has 0 aliphatic carbocycles. The van der Waals surface area contributed by atoms with Crippen LogP contribution in [-0.4, -0.2) is 46.5 Å². The van der Waals surface area contributed by atoms with E-state index in [0.717, 1.165) is 29.9 Å². The van der Waals surface area contributed by atoms with Crippen LogP contribution in [0.25, 0.3) is 11.3 Å². The van der Waals surface area contributed by atoms with Crippen LogP contribution in [0.3, 0.4) is 0 Å². The number of carbonyl (C=O) groups is 1. The summed E-state index contributed by atoms with van der Waals surface area (Å²) in [7, 11) is 0. The van der Waals surface area contributed by atoms with Crippen LogP contribution < -0.4 is 10.6 Å². The zero-order valence-electron chi connectivity index (χ0n) is 19.6. The maximum atomic E-state index is 12.7. The molecule has 1 amide bonds. The lowest BCUT2D eigenvalue weighted by atomic mass is 10.0. The van der Waals surface area contributed by atoms with E-state index in [2.05, 4.69) is 63.6 Å². The number of amides is 1. The summed E-state index contributed by atoms with van der Waals surface area (Å²) in [6, 6.07) is 18.3. The van der Waals surface area contributed by atoms with Crippen molar-refractivity contribution in [1.29, 1.82) is 0 Å². The molecular weight excluding hydrogens is 410 g/mol. The number of piperidine rings is 1. The minimum absolute atomic E-state index is 0.0478. The Morgan fingerprint density at radius 1 is 1.09 bits per heavy atom. The van der Waals surface area contributed by atoms with Gasteiger partial charge in [-0.3, -0.25) is 4.79 Å². The van der Waals surface area contributed by atoms with Gasteiger partial charge in [-0.2, -0.15) is 0 Å². The second-order valence-electron chi connectivity index (χ2n) is 8.85. The first-order valence-corrected chi connectivity index (χ1v) is 11.9. The normalized spacial score (nSPS) is 16.4. The van der Waals surface area contributed by atoms with E-state index in [-0.39, 0.29) is 5.91 Å². The van der Waals surface area contributed by atoms with E-state index in [1.807, 2.05) is 30.3 Å². The van der Waals surface area contributed by atoms with Gasteiger partial charge >= 0.3 is 0 Å². The Bertz CT molecular complexity index is 1070. The lowest BCUT2D eigenvalue weighted by Gasteiger charge is -2.33. The van der Waals surface area contributed by atoms with Gasteiger partial charge in [0.05, 0.1) is 5.69 Å². The smallest absolute Gasteiger partial charge is 0.251 e. The molecule has 0 radical (unpaired) electrons. The molecule has 2 heterocycles. The fourth-order valence-corrected chi connectivity index (χ4v) is 4.27. The minimum Gasteiger partial charge on any atom is -0.352 e. The van der Waals surface area contributed by atoms with Gasteiger partial charge in [0.1, 0.15) is 12.1 Å². The van der Waals surface area contributed by atoms with Crippen LogP contribution in [0.5, 0.6) is 0 Å². The number of benzene rings is 2. The lowest BCUT2D eigenvalue weighted by Crippen LogP contribution is -2.39. The number of rotatable bonds is 8. The molecule has 0 bridgehead atoms. The van der Waals surface area contributed by atoms with E-state index in [4.69, 9.17) is 0 Å². The fraction of sp³-hybridized carbons (Fsp3) is 0.370. The van der Waals surface area contributed by atoms with Gasteiger partial charge in [0.2, 0.25) is 0 Å². The number of hydrogen-bond acceptors (Lipinski definition) is 5. The average molecular weight is 444 g/mol. The third-order valence-corrected chi connectivity index (χ3v) is 6.26. The Labute approximate surface area is 196 Å². The zero-order valence-corrected chi connectivity index (χ0v) is 19.6. The van der Waals surface area contributed by atoms with Gasteiger partial charge in [0, 0.05) is 42.0 Å². The first-order valence-electron chi connectivity index (χ1n) is 11.9. The highest BCUT2D eigenvalue weighted by Gasteiger charge is 2.17. The SMILES string of the molecule is Cc1ccc(-c2cc(Nc3cccc(C(=O)NCCCN4CCCC[C@H]4C)c3)ncn2)cc1. The summed E-state index contributed by atoms with van der Waals surface area (Å²) in [5.41, 5.74) is 4.56. The molecule has 6 nitrogen and oxygen atoms in total. The third-order valence-electron chi connectivity index (χ3n) is 6.26. The molecule has 1 aliphatic heterocycles. The van der Waals surface area contributed by atoms with Crippen LogP contribution in [0, 0.1) is 6.92 Å². The maximum absolute atomic E-state index is 12.7. The summed E-state index contributed by atoms with van der Waals surface area (Å²) in [6.45, 7) is 7.27. The van der Waals surface area contributed by atoms with Crippen LogP contribution >= 0.6 is 0 Å². The van der Waals surface area contributed by atoms with Crippen LogP contribution in [0.2, 0.25) is 0 Å². The molecule has 4 rings (SSSR count). The van der Waals surface area contributed by atoms with Crippen molar-refractivity contribution in [3.63, 3.8) is 0 Å². The van der Waals surface area contributed by atoms with Crippen molar-refractivity contribution < 1.29 is 4.79 Å².